The molecule has 4 aromatic heterocycles. The predicted molar refractivity (Wildman–Crippen MR) is 138 cm³/mol. The lowest BCUT2D eigenvalue weighted by Crippen LogP contribution is -2.45. The van der Waals surface area contributed by atoms with Gasteiger partial charge in [-0.05, 0) is 30.7 Å². The van der Waals surface area contributed by atoms with Crippen LogP contribution in [-0.4, -0.2) is 69.0 Å². The quantitative estimate of drug-likeness (QED) is 0.363. The van der Waals surface area contributed by atoms with Crippen LogP contribution in [0.2, 0.25) is 0 Å². The van der Waals surface area contributed by atoms with Crippen molar-refractivity contribution in [2.24, 2.45) is 0 Å². The van der Waals surface area contributed by atoms with Gasteiger partial charge in [-0.1, -0.05) is 6.92 Å². The van der Waals surface area contributed by atoms with Crippen LogP contribution in [0.3, 0.4) is 0 Å². The summed E-state index contributed by atoms with van der Waals surface area (Å²) in [7, 11) is 1.71. The Morgan fingerprint density at radius 3 is 3.06 bits per heavy atom. The minimum atomic E-state index is 0.284. The molecule has 1 aliphatic rings. The number of rotatable bonds is 7. The molecule has 0 amide bonds. The second-order valence-corrected chi connectivity index (χ2v) is 9.47. The second kappa shape index (κ2) is 9.37. The molecule has 0 saturated carbocycles. The van der Waals surface area contributed by atoms with Crippen LogP contribution in [0.4, 0.5) is 5.82 Å². The fourth-order valence-corrected chi connectivity index (χ4v) is 5.37. The first-order valence-electron chi connectivity index (χ1n) is 11.8. The van der Waals surface area contributed by atoms with Crippen LogP contribution in [0.25, 0.3) is 44.2 Å². The maximum Gasteiger partial charge on any atom is 0.161 e. The van der Waals surface area contributed by atoms with Crippen LogP contribution in [0, 0.1) is 0 Å². The van der Waals surface area contributed by atoms with Gasteiger partial charge >= 0.3 is 0 Å². The number of morpholine rings is 1. The molecule has 1 aromatic carbocycles. The summed E-state index contributed by atoms with van der Waals surface area (Å²) >= 11 is 1.64. The molecule has 10 heteroatoms. The number of thiazole rings is 1. The Balaban J connectivity index is 1.45. The van der Waals surface area contributed by atoms with Gasteiger partial charge in [-0.25, -0.2) is 19.9 Å². The van der Waals surface area contributed by atoms with Crippen molar-refractivity contribution in [1.29, 1.82) is 0 Å². The molecule has 0 spiro atoms. The largest absolute Gasteiger partial charge is 0.383 e. The lowest BCUT2D eigenvalue weighted by Gasteiger charge is -2.36. The van der Waals surface area contributed by atoms with Crippen LogP contribution in [0.1, 0.15) is 13.3 Å². The zero-order valence-electron chi connectivity index (χ0n) is 19.8. The monoisotopic (exact) mass is 489 g/mol. The normalized spacial score (nSPS) is 16.5. The van der Waals surface area contributed by atoms with E-state index >= 15 is 0 Å². The van der Waals surface area contributed by atoms with E-state index < -0.39 is 0 Å². The fourth-order valence-electron chi connectivity index (χ4n) is 4.71. The average molecular weight is 490 g/mol. The molecular formula is C25H27N7O2S. The van der Waals surface area contributed by atoms with Crippen LogP contribution in [-0.2, 0) is 16.0 Å². The summed E-state index contributed by atoms with van der Waals surface area (Å²) in [5.41, 5.74) is 6.53. The highest BCUT2D eigenvalue weighted by Crippen LogP contribution is 2.32. The van der Waals surface area contributed by atoms with Gasteiger partial charge in [0, 0.05) is 38.2 Å². The highest BCUT2D eigenvalue weighted by Gasteiger charge is 2.27. The molecule has 180 valence electrons. The minimum Gasteiger partial charge on any atom is -0.383 e. The van der Waals surface area contributed by atoms with E-state index in [-0.39, 0.29) is 6.04 Å². The van der Waals surface area contributed by atoms with Gasteiger partial charge in [0.1, 0.15) is 17.0 Å². The number of pyridine rings is 1. The van der Waals surface area contributed by atoms with Gasteiger partial charge in [0.25, 0.3) is 0 Å². The minimum absolute atomic E-state index is 0.284. The Hall–Kier alpha value is -3.34. The zero-order chi connectivity index (χ0) is 23.8. The number of ether oxygens (including phenoxy) is 2. The van der Waals surface area contributed by atoms with Gasteiger partial charge in [0.2, 0.25) is 0 Å². The number of anilines is 1. The van der Waals surface area contributed by atoms with Gasteiger partial charge in [-0.2, -0.15) is 0 Å². The van der Waals surface area contributed by atoms with E-state index in [2.05, 4.69) is 44.6 Å². The first-order chi connectivity index (χ1) is 17.3. The lowest BCUT2D eigenvalue weighted by molar-refractivity contribution is 0.0927. The fraction of sp³-hybridized carbons (Fsp3) is 0.360. The van der Waals surface area contributed by atoms with Gasteiger partial charge in [0.15, 0.2) is 11.6 Å². The van der Waals surface area contributed by atoms with Crippen molar-refractivity contribution in [2.75, 3.05) is 38.4 Å². The Labute approximate surface area is 206 Å². The van der Waals surface area contributed by atoms with E-state index in [4.69, 9.17) is 24.4 Å². The molecule has 1 atom stereocenters. The Bertz CT molecular complexity index is 1470. The number of hydrogen-bond donors (Lipinski definition) is 1. The third-order valence-corrected chi connectivity index (χ3v) is 7.36. The van der Waals surface area contributed by atoms with E-state index in [1.54, 1.807) is 18.4 Å². The van der Waals surface area contributed by atoms with Crippen molar-refractivity contribution >= 4 is 38.4 Å². The van der Waals surface area contributed by atoms with Crippen molar-refractivity contribution in [1.82, 2.24) is 29.5 Å². The van der Waals surface area contributed by atoms with Crippen LogP contribution < -0.4 is 4.90 Å². The molecule has 1 fully saturated rings. The van der Waals surface area contributed by atoms with Crippen molar-refractivity contribution in [3.8, 4) is 22.9 Å². The van der Waals surface area contributed by atoms with Crippen LogP contribution in [0.5, 0.6) is 0 Å². The summed E-state index contributed by atoms with van der Waals surface area (Å²) in [5, 5.41) is 0. The van der Waals surface area contributed by atoms with Gasteiger partial charge < -0.3 is 23.9 Å². The number of aromatic nitrogens is 6. The molecule has 5 aromatic rings. The molecular weight excluding hydrogens is 462 g/mol. The molecule has 35 heavy (non-hydrogen) atoms. The van der Waals surface area contributed by atoms with Crippen LogP contribution >= 0.6 is 11.3 Å². The van der Waals surface area contributed by atoms with E-state index in [1.807, 2.05) is 24.0 Å². The second-order valence-electron chi connectivity index (χ2n) is 8.58. The van der Waals surface area contributed by atoms with Crippen molar-refractivity contribution in [2.45, 2.75) is 25.9 Å². The third kappa shape index (κ3) is 3.97. The topological polar surface area (TPSA) is 94.0 Å². The molecule has 5 heterocycles. The van der Waals surface area contributed by atoms with E-state index in [9.17, 15) is 0 Å². The number of fused-ring (bicyclic) bond motifs is 2. The van der Waals surface area contributed by atoms with E-state index in [0.29, 0.717) is 26.4 Å². The molecule has 0 unspecified atom stereocenters. The number of methoxy groups -OCH3 is 1. The standard InChI is InChI=1S/C25H27N7O2S/c1-3-17-14-34-11-9-31(17)25-22-20(6-7-26-25)32(8-10-33-2)24(30-22)19-13-27-23(29-19)16-4-5-21-18(12-16)28-15-35-21/h4-7,12-13,15,17H,3,8-11,14H2,1-2H3,(H,27,29)/t17-/m1/s1. The predicted octanol–water partition coefficient (Wildman–Crippen LogP) is 4.36. The number of nitrogens with one attached hydrogen (secondary N) is 1. The Morgan fingerprint density at radius 1 is 1.23 bits per heavy atom. The summed E-state index contributed by atoms with van der Waals surface area (Å²) < 4.78 is 14.5. The van der Waals surface area contributed by atoms with Crippen molar-refractivity contribution in [3.63, 3.8) is 0 Å². The van der Waals surface area contributed by atoms with Gasteiger partial charge in [-0.15, -0.1) is 11.3 Å². The maximum absolute atomic E-state index is 5.73. The summed E-state index contributed by atoms with van der Waals surface area (Å²) in [5.74, 6) is 2.49. The highest BCUT2D eigenvalue weighted by atomic mass is 32.1. The smallest absolute Gasteiger partial charge is 0.161 e. The summed E-state index contributed by atoms with van der Waals surface area (Å²) in [6.07, 6.45) is 4.77. The summed E-state index contributed by atoms with van der Waals surface area (Å²) in [6, 6.07) is 8.53. The van der Waals surface area contributed by atoms with E-state index in [0.717, 1.165) is 62.9 Å². The Kier molecular flexibility index (Phi) is 5.93. The number of benzene rings is 1. The first kappa shape index (κ1) is 22.1. The van der Waals surface area contributed by atoms with Crippen molar-refractivity contribution in [3.05, 3.63) is 42.2 Å². The molecule has 9 nitrogen and oxygen atoms in total. The number of aromatic amines is 1. The molecule has 0 aliphatic carbocycles. The number of H-pyrrole nitrogens is 1. The Morgan fingerprint density at radius 2 is 2.17 bits per heavy atom. The SMILES string of the molecule is CC[C@@H]1COCCN1c1nccc2c1nc(-c1c[nH]c(-c3ccc4scnc4c3)n1)n2CCOC. The third-order valence-electron chi connectivity index (χ3n) is 6.55. The van der Waals surface area contributed by atoms with Crippen molar-refractivity contribution < 1.29 is 9.47 Å². The van der Waals surface area contributed by atoms with E-state index in [1.165, 1.54) is 0 Å². The molecule has 6 rings (SSSR count). The molecule has 1 saturated heterocycles. The average Bonchev–Trinajstić information content (AvgIpc) is 3.65. The summed E-state index contributed by atoms with van der Waals surface area (Å²) in [6.45, 7) is 5.62. The van der Waals surface area contributed by atoms with Gasteiger partial charge in [-0.3, -0.25) is 0 Å². The van der Waals surface area contributed by atoms with Crippen LogP contribution in [0.15, 0.2) is 42.2 Å². The molecule has 0 bridgehead atoms. The van der Waals surface area contributed by atoms with Gasteiger partial charge in [0.05, 0.1) is 47.1 Å². The molecule has 1 aliphatic heterocycles. The maximum atomic E-state index is 5.73. The number of hydrogen-bond acceptors (Lipinski definition) is 8. The number of nitrogens with zero attached hydrogens (tertiary/aromatic N) is 6. The summed E-state index contributed by atoms with van der Waals surface area (Å²) in [4.78, 5) is 24.9. The molecule has 0 radical (unpaired) electrons. The molecule has 1 N–H and O–H groups in total. The number of imidazole rings is 2. The highest BCUT2D eigenvalue weighted by molar-refractivity contribution is 7.16. The zero-order valence-corrected chi connectivity index (χ0v) is 20.6. The first-order valence-corrected chi connectivity index (χ1v) is 12.7. The lowest BCUT2D eigenvalue weighted by atomic mass is 10.1.